The average molecular weight is 496 g/mol. The van der Waals surface area contributed by atoms with Gasteiger partial charge in [0.15, 0.2) is 5.96 Å². The molecule has 0 saturated heterocycles. The first-order chi connectivity index (χ1) is 13.2. The fourth-order valence-corrected chi connectivity index (χ4v) is 2.51. The molecule has 0 saturated carbocycles. The fourth-order valence-electron chi connectivity index (χ4n) is 2.51. The molecule has 7 heteroatoms. The molecule has 0 aliphatic rings. The van der Waals surface area contributed by atoms with Crippen LogP contribution >= 0.6 is 24.0 Å². The SMILES string of the molecule is CCNC(=O)c1ccc(CNC(=NCc2cccc(OC)c2)NCC)cc1.I. The molecule has 0 unspecified atom stereocenters. The molecule has 28 heavy (non-hydrogen) atoms. The molecule has 0 radical (unpaired) electrons. The van der Waals surface area contributed by atoms with E-state index in [2.05, 4.69) is 20.9 Å². The van der Waals surface area contributed by atoms with E-state index in [0.29, 0.717) is 25.2 Å². The number of nitrogens with zero attached hydrogens (tertiary/aromatic N) is 1. The Morgan fingerprint density at radius 3 is 2.32 bits per heavy atom. The number of amides is 1. The van der Waals surface area contributed by atoms with Crippen LogP contribution in [0.5, 0.6) is 5.75 Å². The highest BCUT2D eigenvalue weighted by molar-refractivity contribution is 14.0. The second kappa shape index (κ2) is 13.0. The molecule has 0 fully saturated rings. The van der Waals surface area contributed by atoms with Crippen LogP contribution in [0.15, 0.2) is 53.5 Å². The van der Waals surface area contributed by atoms with Gasteiger partial charge in [-0.1, -0.05) is 24.3 Å². The number of methoxy groups -OCH3 is 1. The van der Waals surface area contributed by atoms with Gasteiger partial charge >= 0.3 is 0 Å². The van der Waals surface area contributed by atoms with Crippen LogP contribution in [-0.4, -0.2) is 32.1 Å². The van der Waals surface area contributed by atoms with Crippen molar-refractivity contribution in [2.24, 2.45) is 4.99 Å². The second-order valence-electron chi connectivity index (χ2n) is 5.96. The van der Waals surface area contributed by atoms with Gasteiger partial charge in [-0.2, -0.15) is 0 Å². The molecular weight excluding hydrogens is 467 g/mol. The summed E-state index contributed by atoms with van der Waals surface area (Å²) < 4.78 is 5.25. The Morgan fingerprint density at radius 2 is 1.68 bits per heavy atom. The average Bonchev–Trinajstić information content (AvgIpc) is 2.70. The third-order valence-electron chi connectivity index (χ3n) is 3.91. The zero-order valence-electron chi connectivity index (χ0n) is 16.6. The number of benzene rings is 2. The minimum atomic E-state index is -0.0507. The van der Waals surface area contributed by atoms with Crippen LogP contribution in [0.1, 0.15) is 35.3 Å². The van der Waals surface area contributed by atoms with Crippen LogP contribution in [0.2, 0.25) is 0 Å². The largest absolute Gasteiger partial charge is 0.497 e. The molecule has 2 aromatic rings. The van der Waals surface area contributed by atoms with Gasteiger partial charge in [-0.15, -0.1) is 24.0 Å². The summed E-state index contributed by atoms with van der Waals surface area (Å²) in [5.74, 6) is 1.52. The molecule has 3 N–H and O–H groups in total. The number of guanidine groups is 1. The first kappa shape index (κ1) is 23.7. The van der Waals surface area contributed by atoms with Crippen LogP contribution in [0.25, 0.3) is 0 Å². The van der Waals surface area contributed by atoms with E-state index in [-0.39, 0.29) is 29.9 Å². The van der Waals surface area contributed by atoms with Crippen LogP contribution in [0.4, 0.5) is 0 Å². The monoisotopic (exact) mass is 496 g/mol. The lowest BCUT2D eigenvalue weighted by Crippen LogP contribution is -2.36. The second-order valence-corrected chi connectivity index (χ2v) is 5.96. The van der Waals surface area contributed by atoms with Crippen LogP contribution in [-0.2, 0) is 13.1 Å². The van der Waals surface area contributed by atoms with Crippen LogP contribution < -0.4 is 20.7 Å². The molecule has 0 bridgehead atoms. The smallest absolute Gasteiger partial charge is 0.251 e. The summed E-state index contributed by atoms with van der Waals surface area (Å²) >= 11 is 0. The number of carbonyl (C=O) groups excluding carboxylic acids is 1. The van der Waals surface area contributed by atoms with Crippen molar-refractivity contribution >= 4 is 35.8 Å². The normalized spacial score (nSPS) is 10.6. The summed E-state index contributed by atoms with van der Waals surface area (Å²) in [5.41, 5.74) is 2.83. The van der Waals surface area contributed by atoms with Crippen LogP contribution in [0, 0.1) is 0 Å². The minimum absolute atomic E-state index is 0. The third kappa shape index (κ3) is 7.75. The standard InChI is InChI=1S/C21H28N4O2.HI/c1-4-22-20(26)18-11-9-16(10-12-18)14-24-21(23-5-2)25-15-17-7-6-8-19(13-17)27-3;/h6-13H,4-5,14-15H2,1-3H3,(H,22,26)(H2,23,24,25);1H. The van der Waals surface area contributed by atoms with Crippen molar-refractivity contribution in [1.29, 1.82) is 0 Å². The highest BCUT2D eigenvalue weighted by atomic mass is 127. The van der Waals surface area contributed by atoms with E-state index in [1.54, 1.807) is 7.11 Å². The summed E-state index contributed by atoms with van der Waals surface area (Å²) in [5, 5.41) is 9.35. The Kier molecular flexibility index (Phi) is 11.0. The Balaban J connectivity index is 0.00000392. The quantitative estimate of drug-likeness (QED) is 0.298. The van der Waals surface area contributed by atoms with Gasteiger partial charge in [0.2, 0.25) is 0 Å². The minimum Gasteiger partial charge on any atom is -0.497 e. The zero-order valence-corrected chi connectivity index (χ0v) is 18.9. The van der Waals surface area contributed by atoms with Gasteiger partial charge in [0.25, 0.3) is 5.91 Å². The highest BCUT2D eigenvalue weighted by Crippen LogP contribution is 2.13. The lowest BCUT2D eigenvalue weighted by molar-refractivity contribution is 0.0956. The van der Waals surface area contributed by atoms with E-state index in [9.17, 15) is 4.79 Å². The maximum Gasteiger partial charge on any atom is 0.251 e. The molecule has 2 aromatic carbocycles. The maximum absolute atomic E-state index is 11.8. The van der Waals surface area contributed by atoms with Crippen molar-refractivity contribution in [3.05, 3.63) is 65.2 Å². The van der Waals surface area contributed by atoms with Gasteiger partial charge in [-0.25, -0.2) is 4.99 Å². The van der Waals surface area contributed by atoms with E-state index in [4.69, 9.17) is 4.74 Å². The fraction of sp³-hybridized carbons (Fsp3) is 0.333. The van der Waals surface area contributed by atoms with Crippen molar-refractivity contribution in [3.8, 4) is 5.75 Å². The van der Waals surface area contributed by atoms with Crippen molar-refractivity contribution in [3.63, 3.8) is 0 Å². The van der Waals surface area contributed by atoms with Gasteiger partial charge in [0.1, 0.15) is 5.75 Å². The number of aliphatic imine (C=N–C) groups is 1. The number of nitrogens with one attached hydrogen (secondary N) is 3. The first-order valence-electron chi connectivity index (χ1n) is 9.18. The summed E-state index contributed by atoms with van der Waals surface area (Å²) in [6.45, 7) is 6.52. The Morgan fingerprint density at radius 1 is 0.964 bits per heavy atom. The molecule has 152 valence electrons. The number of carbonyl (C=O) groups is 1. The maximum atomic E-state index is 11.8. The van der Waals surface area contributed by atoms with Crippen molar-refractivity contribution < 1.29 is 9.53 Å². The summed E-state index contributed by atoms with van der Waals surface area (Å²) in [7, 11) is 1.66. The number of halogens is 1. The molecule has 1 amide bonds. The number of ether oxygens (including phenoxy) is 1. The lowest BCUT2D eigenvalue weighted by Gasteiger charge is -2.12. The molecule has 0 atom stereocenters. The molecule has 6 nitrogen and oxygen atoms in total. The predicted octanol–water partition coefficient (Wildman–Crippen LogP) is 3.32. The Labute approximate surface area is 184 Å². The van der Waals surface area contributed by atoms with E-state index < -0.39 is 0 Å². The van der Waals surface area contributed by atoms with Gasteiger partial charge in [0, 0.05) is 25.2 Å². The summed E-state index contributed by atoms with van der Waals surface area (Å²) in [6, 6.07) is 15.4. The van der Waals surface area contributed by atoms with Gasteiger partial charge in [0.05, 0.1) is 13.7 Å². The summed E-state index contributed by atoms with van der Waals surface area (Å²) in [4.78, 5) is 16.4. The Bertz CT molecular complexity index is 763. The Hall–Kier alpha value is -2.29. The van der Waals surface area contributed by atoms with E-state index >= 15 is 0 Å². The molecule has 0 aliphatic heterocycles. The van der Waals surface area contributed by atoms with E-state index in [1.807, 2.05) is 62.4 Å². The number of rotatable bonds is 8. The first-order valence-corrected chi connectivity index (χ1v) is 9.18. The molecule has 0 aliphatic carbocycles. The number of hydrogen-bond donors (Lipinski definition) is 3. The molecular formula is C21H29IN4O2. The topological polar surface area (TPSA) is 74.8 Å². The van der Waals surface area contributed by atoms with Crippen molar-refractivity contribution in [1.82, 2.24) is 16.0 Å². The van der Waals surface area contributed by atoms with Gasteiger partial charge in [-0.05, 0) is 49.2 Å². The molecule has 0 aromatic heterocycles. The highest BCUT2D eigenvalue weighted by Gasteiger charge is 2.04. The van der Waals surface area contributed by atoms with Gasteiger partial charge in [-0.3, -0.25) is 4.79 Å². The molecule has 2 rings (SSSR count). The van der Waals surface area contributed by atoms with Gasteiger partial charge < -0.3 is 20.7 Å². The van der Waals surface area contributed by atoms with Crippen molar-refractivity contribution in [2.45, 2.75) is 26.9 Å². The predicted molar refractivity (Wildman–Crippen MR) is 125 cm³/mol. The van der Waals surface area contributed by atoms with Crippen molar-refractivity contribution in [2.75, 3.05) is 20.2 Å². The molecule has 0 heterocycles. The zero-order chi connectivity index (χ0) is 19.5. The third-order valence-corrected chi connectivity index (χ3v) is 3.91. The molecule has 0 spiro atoms. The van der Waals surface area contributed by atoms with Crippen LogP contribution in [0.3, 0.4) is 0 Å². The summed E-state index contributed by atoms with van der Waals surface area (Å²) in [6.07, 6.45) is 0. The van der Waals surface area contributed by atoms with E-state index in [0.717, 1.165) is 29.4 Å². The van der Waals surface area contributed by atoms with E-state index in [1.165, 1.54) is 0 Å². The lowest BCUT2D eigenvalue weighted by atomic mass is 10.1. The number of hydrogen-bond acceptors (Lipinski definition) is 3.